The molecule has 7 rings (SSSR count). The molecule has 4 aromatic heterocycles. The van der Waals surface area contributed by atoms with Crippen molar-refractivity contribution in [2.75, 3.05) is 12.4 Å². The van der Waals surface area contributed by atoms with Gasteiger partial charge >= 0.3 is 0 Å². The summed E-state index contributed by atoms with van der Waals surface area (Å²) < 4.78 is 5.35. The van der Waals surface area contributed by atoms with Crippen molar-refractivity contribution in [1.29, 1.82) is 0 Å². The summed E-state index contributed by atoms with van der Waals surface area (Å²) in [6.07, 6.45) is 7.18. The van der Waals surface area contributed by atoms with Gasteiger partial charge in [0.2, 0.25) is 0 Å². The number of imidazole rings is 1. The van der Waals surface area contributed by atoms with Crippen LogP contribution in [0.3, 0.4) is 0 Å². The molecular formula is C33H28N8O2. The summed E-state index contributed by atoms with van der Waals surface area (Å²) in [5.74, 6) is 7.61. The minimum absolute atomic E-state index is 0.211. The number of amides is 1. The van der Waals surface area contributed by atoms with E-state index in [1.807, 2.05) is 61.5 Å². The number of aromatic nitrogens is 6. The molecule has 6 aromatic rings. The van der Waals surface area contributed by atoms with Crippen molar-refractivity contribution in [3.05, 3.63) is 118 Å². The predicted molar refractivity (Wildman–Crippen MR) is 164 cm³/mol. The molecule has 212 valence electrons. The van der Waals surface area contributed by atoms with Gasteiger partial charge in [0.05, 0.1) is 17.6 Å². The van der Waals surface area contributed by atoms with E-state index in [0.717, 1.165) is 36.3 Å². The molecule has 0 fully saturated rings. The normalized spacial score (nSPS) is 13.0. The zero-order valence-corrected chi connectivity index (χ0v) is 23.7. The molecule has 2 N–H and O–H groups in total. The fourth-order valence-electron chi connectivity index (χ4n) is 5.75. The van der Waals surface area contributed by atoms with Gasteiger partial charge in [-0.3, -0.25) is 14.2 Å². The second kappa shape index (κ2) is 10.6. The number of carbonyl (C=O) groups is 1. The van der Waals surface area contributed by atoms with E-state index in [1.165, 1.54) is 0 Å². The first-order valence-corrected chi connectivity index (χ1v) is 14.2. The lowest BCUT2D eigenvalue weighted by atomic mass is 10.0. The number of fused-ring (bicyclic) bond motifs is 3. The standard InChI is InChI=1S/C33H28N8O2/c1-21(37-32(42)29-30(34-2)38-40-18-8-16-35-31(29)40)26-19-23-10-6-9-22(14-15-25-20-36-27-13-7-17-39(25)27)28(23)33(43)41(26)24-11-4-3-5-12-24/h3-6,8-12,16,18-21H,7,13,17H2,1-2H3,(H,34,38)(H,37,42)/t21-/m0/s1. The molecule has 0 radical (unpaired) electrons. The van der Waals surface area contributed by atoms with Crippen LogP contribution in [0.15, 0.2) is 84.0 Å². The van der Waals surface area contributed by atoms with Crippen LogP contribution < -0.4 is 16.2 Å². The molecule has 43 heavy (non-hydrogen) atoms. The second-order valence-electron chi connectivity index (χ2n) is 10.4. The predicted octanol–water partition coefficient (Wildman–Crippen LogP) is 4.11. The van der Waals surface area contributed by atoms with Gasteiger partial charge in [-0.1, -0.05) is 36.3 Å². The smallest absolute Gasteiger partial charge is 0.264 e. The van der Waals surface area contributed by atoms with Gasteiger partial charge in [-0.05, 0) is 55.0 Å². The summed E-state index contributed by atoms with van der Waals surface area (Å²) in [7, 11) is 1.71. The summed E-state index contributed by atoms with van der Waals surface area (Å²) >= 11 is 0. The summed E-state index contributed by atoms with van der Waals surface area (Å²) in [5, 5.41) is 11.8. The van der Waals surface area contributed by atoms with Crippen molar-refractivity contribution in [3.63, 3.8) is 0 Å². The lowest BCUT2D eigenvalue weighted by molar-refractivity contribution is 0.0941. The SMILES string of the molecule is CNc1nn2cccnc2c1C(=O)N[C@@H](C)c1cc2cccc(C#Cc3cnc4n3CCC4)c2c(=O)n1-c1ccccc1. The Morgan fingerprint density at radius 3 is 2.74 bits per heavy atom. The number of nitrogens with zero attached hydrogens (tertiary/aromatic N) is 6. The Morgan fingerprint density at radius 1 is 1.05 bits per heavy atom. The third kappa shape index (κ3) is 4.51. The molecule has 0 bridgehead atoms. The number of para-hydroxylation sites is 1. The number of benzene rings is 2. The Kier molecular flexibility index (Phi) is 6.47. The highest BCUT2D eigenvalue weighted by Gasteiger charge is 2.24. The molecule has 0 saturated heterocycles. The van der Waals surface area contributed by atoms with Crippen LogP contribution in [-0.4, -0.2) is 41.7 Å². The third-order valence-corrected chi connectivity index (χ3v) is 7.79. The molecule has 1 aliphatic rings. The Bertz CT molecular complexity index is 2150. The van der Waals surface area contributed by atoms with Crippen LogP contribution in [0.1, 0.15) is 52.5 Å². The minimum Gasteiger partial charge on any atom is -0.371 e. The first-order valence-electron chi connectivity index (χ1n) is 14.2. The second-order valence-corrected chi connectivity index (χ2v) is 10.4. The Labute approximate surface area is 247 Å². The van der Waals surface area contributed by atoms with Crippen LogP contribution in [0, 0.1) is 11.8 Å². The van der Waals surface area contributed by atoms with E-state index in [1.54, 1.807) is 40.8 Å². The molecule has 10 nitrogen and oxygen atoms in total. The van der Waals surface area contributed by atoms with Crippen LogP contribution in [0.4, 0.5) is 5.82 Å². The number of carbonyl (C=O) groups excluding carboxylic acids is 1. The van der Waals surface area contributed by atoms with Crippen molar-refractivity contribution in [2.24, 2.45) is 0 Å². The number of hydrogen-bond acceptors (Lipinski definition) is 6. The molecule has 10 heteroatoms. The fraction of sp³-hybridized carbons (Fsp3) is 0.182. The average Bonchev–Trinajstić information content (AvgIpc) is 3.75. The highest BCUT2D eigenvalue weighted by molar-refractivity contribution is 6.04. The zero-order chi connectivity index (χ0) is 29.5. The Balaban J connectivity index is 1.34. The van der Waals surface area contributed by atoms with Crippen molar-refractivity contribution < 1.29 is 4.79 Å². The molecule has 1 amide bonds. The van der Waals surface area contributed by atoms with E-state index in [0.29, 0.717) is 39.4 Å². The summed E-state index contributed by atoms with van der Waals surface area (Å²) in [5.41, 5.74) is 3.36. The van der Waals surface area contributed by atoms with Crippen LogP contribution in [0.25, 0.3) is 22.1 Å². The number of nitrogens with one attached hydrogen (secondary N) is 2. The van der Waals surface area contributed by atoms with Crippen molar-refractivity contribution in [1.82, 2.24) is 34.0 Å². The lowest BCUT2D eigenvalue weighted by Crippen LogP contribution is -2.32. The van der Waals surface area contributed by atoms with Gasteiger partial charge in [0.15, 0.2) is 11.5 Å². The van der Waals surface area contributed by atoms with Gasteiger partial charge < -0.3 is 15.2 Å². The van der Waals surface area contributed by atoms with E-state index in [2.05, 4.69) is 42.1 Å². The maximum absolute atomic E-state index is 14.3. The number of rotatable bonds is 5. The van der Waals surface area contributed by atoms with Gasteiger partial charge in [-0.15, -0.1) is 5.10 Å². The molecule has 0 saturated carbocycles. The van der Waals surface area contributed by atoms with Crippen molar-refractivity contribution in [2.45, 2.75) is 32.4 Å². The van der Waals surface area contributed by atoms with Gasteiger partial charge in [-0.25, -0.2) is 14.5 Å². The van der Waals surface area contributed by atoms with E-state index in [-0.39, 0.29) is 11.5 Å². The lowest BCUT2D eigenvalue weighted by Gasteiger charge is -2.21. The van der Waals surface area contributed by atoms with Gasteiger partial charge in [0.25, 0.3) is 11.5 Å². The van der Waals surface area contributed by atoms with E-state index in [4.69, 9.17) is 0 Å². The molecule has 0 unspecified atom stereocenters. The number of aryl methyl sites for hydroxylation is 1. The first-order chi connectivity index (χ1) is 21.0. The van der Waals surface area contributed by atoms with Crippen LogP contribution in [0.2, 0.25) is 0 Å². The summed E-state index contributed by atoms with van der Waals surface area (Å²) in [4.78, 5) is 36.9. The molecule has 1 atom stereocenters. The van der Waals surface area contributed by atoms with Crippen LogP contribution in [0.5, 0.6) is 0 Å². The molecule has 1 aliphatic heterocycles. The minimum atomic E-state index is -0.544. The number of hydrogen-bond donors (Lipinski definition) is 2. The molecule has 0 spiro atoms. The highest BCUT2D eigenvalue weighted by Crippen LogP contribution is 2.25. The Morgan fingerprint density at radius 2 is 1.91 bits per heavy atom. The molecular weight excluding hydrogens is 540 g/mol. The van der Waals surface area contributed by atoms with Gasteiger partial charge in [0.1, 0.15) is 17.1 Å². The summed E-state index contributed by atoms with van der Waals surface area (Å²) in [6.45, 7) is 2.77. The van der Waals surface area contributed by atoms with Gasteiger partial charge in [0, 0.05) is 49.4 Å². The van der Waals surface area contributed by atoms with Crippen molar-refractivity contribution in [3.8, 4) is 17.5 Å². The maximum Gasteiger partial charge on any atom is 0.264 e. The zero-order valence-electron chi connectivity index (χ0n) is 23.7. The average molecular weight is 569 g/mol. The van der Waals surface area contributed by atoms with Crippen LogP contribution >= 0.6 is 0 Å². The fourth-order valence-corrected chi connectivity index (χ4v) is 5.75. The molecule has 0 aliphatic carbocycles. The monoisotopic (exact) mass is 568 g/mol. The van der Waals surface area contributed by atoms with E-state index in [9.17, 15) is 9.59 Å². The maximum atomic E-state index is 14.3. The highest BCUT2D eigenvalue weighted by atomic mass is 16.2. The number of pyridine rings is 1. The van der Waals surface area contributed by atoms with Crippen LogP contribution in [-0.2, 0) is 13.0 Å². The molecule has 2 aromatic carbocycles. The number of anilines is 1. The third-order valence-electron chi connectivity index (χ3n) is 7.79. The van der Waals surface area contributed by atoms with Crippen molar-refractivity contribution >= 4 is 28.1 Å². The first kappa shape index (κ1) is 26.2. The molecule has 5 heterocycles. The van der Waals surface area contributed by atoms with Gasteiger partial charge in [-0.2, -0.15) is 0 Å². The van der Waals surface area contributed by atoms with E-state index >= 15 is 0 Å². The van der Waals surface area contributed by atoms with E-state index < -0.39 is 6.04 Å². The topological polar surface area (TPSA) is 111 Å². The summed E-state index contributed by atoms with van der Waals surface area (Å²) in [6, 6.07) is 18.3. The largest absolute Gasteiger partial charge is 0.371 e. The quantitative estimate of drug-likeness (QED) is 0.303. The Hall–Kier alpha value is -5.69.